The number of amides is 1. The fourth-order valence-corrected chi connectivity index (χ4v) is 3.97. The van der Waals surface area contributed by atoms with Gasteiger partial charge in [-0.05, 0) is 37.1 Å². The lowest BCUT2D eigenvalue weighted by molar-refractivity contribution is -0.153. The lowest BCUT2D eigenvalue weighted by atomic mass is 9.84. The average Bonchev–Trinajstić information content (AvgIpc) is 2.86. The lowest BCUT2D eigenvalue weighted by Crippen LogP contribution is -2.49. The summed E-state index contributed by atoms with van der Waals surface area (Å²) >= 11 is 0. The molecule has 0 heterocycles. The van der Waals surface area contributed by atoms with Gasteiger partial charge in [-0.3, -0.25) is 4.79 Å². The second kappa shape index (κ2) is 14.8. The fourth-order valence-electron chi connectivity index (χ4n) is 3.97. The van der Waals surface area contributed by atoms with Crippen LogP contribution in [-0.2, 0) is 21.6 Å². The number of benzene rings is 3. The van der Waals surface area contributed by atoms with Gasteiger partial charge in [0, 0.05) is 33.3 Å². The molecule has 0 unspecified atom stereocenters. The lowest BCUT2D eigenvalue weighted by Gasteiger charge is -2.37. The maximum Gasteiger partial charge on any atom is 0.263 e. The summed E-state index contributed by atoms with van der Waals surface area (Å²) in [5, 5.41) is 0. The summed E-state index contributed by atoms with van der Waals surface area (Å²) in [7, 11) is 3.97. The first-order valence-electron chi connectivity index (χ1n) is 11.3. The normalized spacial score (nSPS) is 10.8. The topological polar surface area (TPSA) is 32.8 Å². The van der Waals surface area contributed by atoms with Gasteiger partial charge in [0.2, 0.25) is 0 Å². The Balaban J connectivity index is 0.00000289. The van der Waals surface area contributed by atoms with Gasteiger partial charge in [-0.2, -0.15) is 0 Å². The van der Waals surface area contributed by atoms with E-state index >= 15 is 0 Å². The molecule has 0 radical (unpaired) electrons. The Bertz CT molecular complexity index is 916. The van der Waals surface area contributed by atoms with E-state index in [4.69, 9.17) is 4.74 Å². The monoisotopic (exact) mass is 502 g/mol. The average molecular weight is 504 g/mol. The van der Waals surface area contributed by atoms with Crippen LogP contribution in [0.25, 0.3) is 0 Å². The van der Waals surface area contributed by atoms with Gasteiger partial charge in [0.05, 0.1) is 0 Å². The Labute approximate surface area is 216 Å². The molecule has 1 amide bonds. The zero-order valence-electron chi connectivity index (χ0n) is 20.2. The molecule has 0 aliphatic rings. The molecule has 184 valence electrons. The highest BCUT2D eigenvalue weighted by Gasteiger charge is 2.44. The van der Waals surface area contributed by atoms with Gasteiger partial charge in [0.15, 0.2) is 5.60 Å². The maximum absolute atomic E-state index is 13.9. The van der Waals surface area contributed by atoms with Crippen molar-refractivity contribution in [3.63, 3.8) is 0 Å². The minimum absolute atomic E-state index is 0. The number of carbonyl (C=O) groups excluding carboxylic acids is 1. The number of nitrogens with zero attached hydrogens (tertiary/aromatic N) is 2. The molecule has 6 heteroatoms. The number of ether oxygens (including phenoxy) is 1. The molecule has 0 aliphatic heterocycles. The first-order chi connectivity index (χ1) is 15.6. The standard InChI is InChI=1S/C28H34N2O2.2ClH/c1-4-32-28(25-16-10-6-11-17-25,26-18-12-7-13-19-26)27(31)30(3)23-22-29(2)21-20-24-14-8-5-9-15-24;;/h5-19H,4,20-23H2,1-3H3;2*1H. The number of hydrogen-bond acceptors (Lipinski definition) is 3. The summed E-state index contributed by atoms with van der Waals surface area (Å²) in [6, 6.07) is 30.1. The molecule has 0 fully saturated rings. The third-order valence-corrected chi connectivity index (χ3v) is 5.81. The molecular formula is C28H36Cl2N2O2. The minimum atomic E-state index is -1.16. The summed E-state index contributed by atoms with van der Waals surface area (Å²) in [5.74, 6) is -0.0480. The summed E-state index contributed by atoms with van der Waals surface area (Å²) < 4.78 is 6.29. The van der Waals surface area contributed by atoms with Crippen LogP contribution in [0.1, 0.15) is 23.6 Å². The molecule has 0 bridgehead atoms. The van der Waals surface area contributed by atoms with E-state index in [0.29, 0.717) is 13.2 Å². The van der Waals surface area contributed by atoms with Gasteiger partial charge in [-0.25, -0.2) is 0 Å². The molecule has 34 heavy (non-hydrogen) atoms. The van der Waals surface area contributed by atoms with E-state index in [9.17, 15) is 4.79 Å². The van der Waals surface area contributed by atoms with Gasteiger partial charge in [0.1, 0.15) is 0 Å². The third kappa shape index (κ3) is 7.31. The number of hydrogen-bond donors (Lipinski definition) is 0. The van der Waals surface area contributed by atoms with Crippen LogP contribution in [0.3, 0.4) is 0 Å². The highest BCUT2D eigenvalue weighted by molar-refractivity contribution is 5.90. The van der Waals surface area contributed by atoms with E-state index in [2.05, 4.69) is 36.2 Å². The largest absolute Gasteiger partial charge is 0.356 e. The molecule has 4 nitrogen and oxygen atoms in total. The van der Waals surface area contributed by atoms with Crippen molar-refractivity contribution in [1.29, 1.82) is 0 Å². The highest BCUT2D eigenvalue weighted by atomic mass is 35.5. The Hall–Kier alpha value is -2.37. The zero-order chi connectivity index (χ0) is 22.8. The van der Waals surface area contributed by atoms with Gasteiger partial charge >= 0.3 is 0 Å². The van der Waals surface area contributed by atoms with Gasteiger partial charge < -0.3 is 14.5 Å². The summed E-state index contributed by atoms with van der Waals surface area (Å²) in [4.78, 5) is 18.0. The molecule has 0 N–H and O–H groups in total. The second-order valence-electron chi connectivity index (χ2n) is 8.11. The Morgan fingerprint density at radius 1 is 0.735 bits per heavy atom. The van der Waals surface area contributed by atoms with Crippen LogP contribution in [0.15, 0.2) is 91.0 Å². The van der Waals surface area contributed by atoms with E-state index in [1.165, 1.54) is 5.56 Å². The van der Waals surface area contributed by atoms with E-state index < -0.39 is 5.60 Å². The minimum Gasteiger partial charge on any atom is -0.356 e. The van der Waals surface area contributed by atoms with Gasteiger partial charge in [0.25, 0.3) is 5.91 Å². The third-order valence-electron chi connectivity index (χ3n) is 5.81. The molecule has 3 rings (SSSR count). The van der Waals surface area contributed by atoms with Crippen LogP contribution in [0.5, 0.6) is 0 Å². The smallest absolute Gasteiger partial charge is 0.263 e. The van der Waals surface area contributed by atoms with Crippen LogP contribution in [0.4, 0.5) is 0 Å². The molecule has 0 aliphatic carbocycles. The predicted octanol–water partition coefficient (Wildman–Crippen LogP) is 5.44. The number of likely N-dealkylation sites (N-methyl/N-ethyl adjacent to an activating group) is 2. The molecule has 0 aromatic heterocycles. The van der Waals surface area contributed by atoms with E-state index in [1.54, 1.807) is 4.90 Å². The van der Waals surface area contributed by atoms with Crippen molar-refractivity contribution in [2.45, 2.75) is 18.9 Å². The molecule has 0 saturated carbocycles. The SMILES string of the molecule is CCOC(C(=O)N(C)CCN(C)CCc1ccccc1)(c1ccccc1)c1ccccc1.Cl.Cl. The van der Waals surface area contributed by atoms with Crippen LogP contribution in [-0.4, -0.2) is 56.0 Å². The van der Waals surface area contributed by atoms with Crippen molar-refractivity contribution in [3.05, 3.63) is 108 Å². The molecule has 3 aromatic rings. The summed E-state index contributed by atoms with van der Waals surface area (Å²) in [5.41, 5.74) is 1.87. The van der Waals surface area contributed by atoms with Crippen molar-refractivity contribution >= 4 is 30.7 Å². The summed E-state index contributed by atoms with van der Waals surface area (Å²) in [6.07, 6.45) is 0.992. The highest BCUT2D eigenvalue weighted by Crippen LogP contribution is 2.35. The van der Waals surface area contributed by atoms with Gasteiger partial charge in [-0.15, -0.1) is 24.8 Å². The molecule has 0 atom stereocenters. The van der Waals surface area contributed by atoms with Crippen molar-refractivity contribution in [1.82, 2.24) is 9.80 Å². The molecule has 0 spiro atoms. The van der Waals surface area contributed by atoms with Crippen molar-refractivity contribution < 1.29 is 9.53 Å². The first kappa shape index (κ1) is 29.7. The Morgan fingerprint density at radius 3 is 1.68 bits per heavy atom. The van der Waals surface area contributed by atoms with Crippen molar-refractivity contribution in [2.75, 3.05) is 40.3 Å². The molecular weight excluding hydrogens is 467 g/mol. The van der Waals surface area contributed by atoms with Crippen molar-refractivity contribution in [3.8, 4) is 0 Å². The van der Waals surface area contributed by atoms with Crippen LogP contribution >= 0.6 is 24.8 Å². The number of carbonyl (C=O) groups is 1. The quantitative estimate of drug-likeness (QED) is 0.349. The van der Waals surface area contributed by atoms with Crippen molar-refractivity contribution in [2.24, 2.45) is 0 Å². The fraction of sp³-hybridized carbons (Fsp3) is 0.321. The zero-order valence-corrected chi connectivity index (χ0v) is 21.9. The number of halogens is 2. The van der Waals surface area contributed by atoms with E-state index in [1.807, 2.05) is 80.7 Å². The van der Waals surface area contributed by atoms with Crippen LogP contribution in [0, 0.1) is 0 Å². The Morgan fingerprint density at radius 2 is 1.21 bits per heavy atom. The van der Waals surface area contributed by atoms with E-state index in [0.717, 1.165) is 30.6 Å². The molecule has 0 saturated heterocycles. The maximum atomic E-state index is 13.9. The van der Waals surface area contributed by atoms with E-state index in [-0.39, 0.29) is 30.7 Å². The summed E-state index contributed by atoms with van der Waals surface area (Å²) in [6.45, 7) is 4.73. The Kier molecular flexibility index (Phi) is 12.9. The first-order valence-corrected chi connectivity index (χ1v) is 11.3. The molecule has 3 aromatic carbocycles. The van der Waals surface area contributed by atoms with Gasteiger partial charge in [-0.1, -0.05) is 91.0 Å². The van der Waals surface area contributed by atoms with Crippen LogP contribution < -0.4 is 0 Å². The number of rotatable bonds is 11. The van der Waals surface area contributed by atoms with Crippen LogP contribution in [0.2, 0.25) is 0 Å². The second-order valence-corrected chi connectivity index (χ2v) is 8.11. The predicted molar refractivity (Wildman–Crippen MR) is 145 cm³/mol.